The highest BCUT2D eigenvalue weighted by Gasteiger charge is 2.07. The molecule has 2 aromatic rings. The van der Waals surface area contributed by atoms with Crippen molar-refractivity contribution >= 4 is 11.7 Å². The maximum absolute atomic E-state index is 10.9. The van der Waals surface area contributed by atoms with Gasteiger partial charge in [0, 0.05) is 12.7 Å². The molecule has 0 atom stereocenters. The lowest BCUT2D eigenvalue weighted by molar-refractivity contribution is 0.0697. The second kappa shape index (κ2) is 4.87. The van der Waals surface area contributed by atoms with Crippen LogP contribution in [-0.4, -0.2) is 26.1 Å². The molecular weight excluding hydrogens is 232 g/mol. The molecule has 2 N–H and O–H groups in total. The largest absolute Gasteiger partial charge is 0.478 e. The third kappa shape index (κ3) is 2.48. The van der Waals surface area contributed by atoms with Crippen molar-refractivity contribution in [2.75, 3.05) is 5.32 Å². The molecule has 0 saturated carbocycles. The number of hydrogen-bond acceptors (Lipinski definition) is 4. The monoisotopic (exact) mass is 246 g/mol. The Labute approximate surface area is 104 Å². The summed E-state index contributed by atoms with van der Waals surface area (Å²) in [6.07, 6.45) is 1.67. The zero-order chi connectivity index (χ0) is 13.1. The van der Waals surface area contributed by atoms with Gasteiger partial charge in [-0.1, -0.05) is 11.3 Å². The van der Waals surface area contributed by atoms with Crippen molar-refractivity contribution < 1.29 is 9.90 Å². The van der Waals surface area contributed by atoms with Crippen LogP contribution in [-0.2, 0) is 13.6 Å². The predicted molar refractivity (Wildman–Crippen MR) is 66.5 cm³/mol. The van der Waals surface area contributed by atoms with Crippen LogP contribution in [0.5, 0.6) is 0 Å². The van der Waals surface area contributed by atoms with Crippen molar-refractivity contribution in [1.82, 2.24) is 15.0 Å². The number of aromatic carboxylic acids is 1. The van der Waals surface area contributed by atoms with Crippen LogP contribution < -0.4 is 5.32 Å². The van der Waals surface area contributed by atoms with Crippen molar-refractivity contribution in [1.29, 1.82) is 0 Å². The standard InChI is InChI=1S/C12H14N4O2/c1-8-3-4-9(12(17)18)5-11(8)13-6-10-7-14-15-16(10)2/h3-5,7,13H,6H2,1-2H3,(H,17,18). The quantitative estimate of drug-likeness (QED) is 0.853. The molecule has 0 saturated heterocycles. The molecule has 0 radical (unpaired) electrons. The van der Waals surface area contributed by atoms with Gasteiger partial charge < -0.3 is 10.4 Å². The molecule has 0 bridgehead atoms. The lowest BCUT2D eigenvalue weighted by Crippen LogP contribution is -2.07. The Morgan fingerprint density at radius 2 is 2.28 bits per heavy atom. The highest BCUT2D eigenvalue weighted by molar-refractivity contribution is 5.89. The summed E-state index contributed by atoms with van der Waals surface area (Å²) < 4.78 is 1.67. The van der Waals surface area contributed by atoms with Gasteiger partial charge in [0.05, 0.1) is 24.0 Å². The van der Waals surface area contributed by atoms with Crippen LogP contribution in [0.2, 0.25) is 0 Å². The van der Waals surface area contributed by atoms with Crippen LogP contribution in [0, 0.1) is 6.92 Å². The third-order valence-electron chi connectivity index (χ3n) is 2.75. The van der Waals surface area contributed by atoms with Crippen LogP contribution >= 0.6 is 0 Å². The van der Waals surface area contributed by atoms with E-state index in [4.69, 9.17) is 5.11 Å². The fourth-order valence-electron chi connectivity index (χ4n) is 1.60. The molecule has 0 fully saturated rings. The molecule has 0 aliphatic heterocycles. The molecule has 18 heavy (non-hydrogen) atoms. The van der Waals surface area contributed by atoms with Crippen molar-refractivity contribution in [3.8, 4) is 0 Å². The minimum absolute atomic E-state index is 0.270. The number of carboxylic acid groups (broad SMARTS) is 1. The first-order valence-electron chi connectivity index (χ1n) is 5.49. The number of rotatable bonds is 4. The van der Waals surface area contributed by atoms with Crippen LogP contribution in [0.4, 0.5) is 5.69 Å². The van der Waals surface area contributed by atoms with Gasteiger partial charge in [0.2, 0.25) is 0 Å². The highest BCUT2D eigenvalue weighted by Crippen LogP contribution is 2.17. The number of hydrogen-bond donors (Lipinski definition) is 2. The van der Waals surface area contributed by atoms with Gasteiger partial charge in [-0.2, -0.15) is 0 Å². The van der Waals surface area contributed by atoms with Gasteiger partial charge in [-0.3, -0.25) is 4.68 Å². The molecular formula is C12H14N4O2. The molecule has 6 nitrogen and oxygen atoms in total. The molecule has 0 spiro atoms. The van der Waals surface area contributed by atoms with Crippen LogP contribution in [0.1, 0.15) is 21.6 Å². The van der Waals surface area contributed by atoms with E-state index >= 15 is 0 Å². The zero-order valence-electron chi connectivity index (χ0n) is 10.2. The van der Waals surface area contributed by atoms with Gasteiger partial charge in [0.15, 0.2) is 0 Å². The number of aryl methyl sites for hydroxylation is 2. The van der Waals surface area contributed by atoms with Crippen LogP contribution in [0.15, 0.2) is 24.4 Å². The number of nitrogens with zero attached hydrogens (tertiary/aromatic N) is 3. The summed E-state index contributed by atoms with van der Waals surface area (Å²) in [6.45, 7) is 2.48. The molecule has 6 heteroatoms. The van der Waals surface area contributed by atoms with Gasteiger partial charge in [0.1, 0.15) is 0 Å². The normalized spacial score (nSPS) is 10.3. The fourth-order valence-corrected chi connectivity index (χ4v) is 1.60. The Bertz CT molecular complexity index is 577. The van der Waals surface area contributed by atoms with Crippen LogP contribution in [0.3, 0.4) is 0 Å². The molecule has 0 amide bonds. The number of benzene rings is 1. The van der Waals surface area contributed by atoms with E-state index in [1.165, 1.54) is 0 Å². The van der Waals surface area contributed by atoms with Gasteiger partial charge in [-0.15, -0.1) is 5.10 Å². The Hall–Kier alpha value is -2.37. The summed E-state index contributed by atoms with van der Waals surface area (Å²) in [4.78, 5) is 10.9. The molecule has 1 heterocycles. The number of aromatic nitrogens is 3. The number of carboxylic acids is 1. The predicted octanol–water partition coefficient (Wildman–Crippen LogP) is 1.43. The van der Waals surface area contributed by atoms with Gasteiger partial charge in [-0.05, 0) is 24.6 Å². The molecule has 1 aromatic carbocycles. The van der Waals surface area contributed by atoms with Gasteiger partial charge in [-0.25, -0.2) is 4.79 Å². The second-order valence-corrected chi connectivity index (χ2v) is 4.04. The van der Waals surface area contributed by atoms with E-state index in [1.807, 2.05) is 14.0 Å². The summed E-state index contributed by atoms with van der Waals surface area (Å²) in [5.74, 6) is -0.930. The summed E-state index contributed by atoms with van der Waals surface area (Å²) >= 11 is 0. The molecule has 1 aromatic heterocycles. The third-order valence-corrected chi connectivity index (χ3v) is 2.75. The average Bonchev–Trinajstić information content (AvgIpc) is 2.73. The van der Waals surface area contributed by atoms with E-state index in [-0.39, 0.29) is 5.56 Å². The minimum atomic E-state index is -0.930. The lowest BCUT2D eigenvalue weighted by atomic mass is 10.1. The molecule has 0 aliphatic rings. The fraction of sp³-hybridized carbons (Fsp3) is 0.250. The molecule has 0 aliphatic carbocycles. The van der Waals surface area contributed by atoms with E-state index < -0.39 is 5.97 Å². The topological polar surface area (TPSA) is 80.0 Å². The summed E-state index contributed by atoms with van der Waals surface area (Å²) in [7, 11) is 1.81. The molecule has 94 valence electrons. The smallest absolute Gasteiger partial charge is 0.335 e. The van der Waals surface area contributed by atoms with Crippen molar-refractivity contribution in [2.45, 2.75) is 13.5 Å². The van der Waals surface area contributed by atoms with Crippen molar-refractivity contribution in [3.05, 3.63) is 41.2 Å². The first-order chi connectivity index (χ1) is 8.58. The number of nitrogens with one attached hydrogen (secondary N) is 1. The zero-order valence-corrected chi connectivity index (χ0v) is 10.2. The number of anilines is 1. The van der Waals surface area contributed by atoms with E-state index in [0.29, 0.717) is 6.54 Å². The summed E-state index contributed by atoms with van der Waals surface area (Å²) in [5.41, 5.74) is 2.99. The van der Waals surface area contributed by atoms with Crippen molar-refractivity contribution in [2.24, 2.45) is 7.05 Å². The Kier molecular flexibility index (Phi) is 3.27. The molecule has 2 rings (SSSR count). The van der Waals surface area contributed by atoms with Crippen molar-refractivity contribution in [3.63, 3.8) is 0 Å². The highest BCUT2D eigenvalue weighted by atomic mass is 16.4. The summed E-state index contributed by atoms with van der Waals surface area (Å²) in [5, 5.41) is 19.7. The second-order valence-electron chi connectivity index (χ2n) is 4.04. The van der Waals surface area contributed by atoms with Gasteiger partial charge in [0.25, 0.3) is 0 Å². The van der Waals surface area contributed by atoms with E-state index in [2.05, 4.69) is 15.6 Å². The van der Waals surface area contributed by atoms with E-state index in [9.17, 15) is 4.79 Å². The van der Waals surface area contributed by atoms with Crippen LogP contribution in [0.25, 0.3) is 0 Å². The maximum atomic E-state index is 10.9. The minimum Gasteiger partial charge on any atom is -0.478 e. The first-order valence-corrected chi connectivity index (χ1v) is 5.49. The summed E-state index contributed by atoms with van der Waals surface area (Å²) in [6, 6.07) is 5.00. The molecule has 0 unspecified atom stereocenters. The Balaban J connectivity index is 2.16. The average molecular weight is 246 g/mol. The maximum Gasteiger partial charge on any atom is 0.335 e. The lowest BCUT2D eigenvalue weighted by Gasteiger charge is -2.10. The SMILES string of the molecule is Cc1ccc(C(=O)O)cc1NCc1cnnn1C. The van der Waals surface area contributed by atoms with Gasteiger partial charge >= 0.3 is 5.97 Å². The number of carbonyl (C=O) groups is 1. The first kappa shape index (κ1) is 12.1. The van der Waals surface area contributed by atoms with E-state index in [1.54, 1.807) is 29.1 Å². The van der Waals surface area contributed by atoms with E-state index in [0.717, 1.165) is 16.9 Å². The Morgan fingerprint density at radius 1 is 1.50 bits per heavy atom. The Morgan fingerprint density at radius 3 is 2.89 bits per heavy atom.